The fraction of sp³-hybridized carbons (Fsp3) is 0.429. The van der Waals surface area contributed by atoms with E-state index in [9.17, 15) is 17.6 Å². The fourth-order valence-electron chi connectivity index (χ4n) is 6.93. The van der Waals surface area contributed by atoms with Gasteiger partial charge in [-0.3, -0.25) is 0 Å². The first kappa shape index (κ1) is 40.2. The number of nitrogens with zero attached hydrogens (tertiary/aromatic N) is 4. The molecule has 0 radical (unpaired) electrons. The Hall–Kier alpha value is -3.55. The third-order valence-electron chi connectivity index (χ3n) is 9.61. The minimum absolute atomic E-state index is 0. The Morgan fingerprint density at radius 3 is 1.16 bits per heavy atom. The second-order valence-corrected chi connectivity index (χ2v) is 13.4. The average Bonchev–Trinajstić information content (AvgIpc) is 3.67. The molecule has 0 spiro atoms. The zero-order valence-electron chi connectivity index (χ0n) is 30.0. The van der Waals surface area contributed by atoms with E-state index in [0.717, 1.165) is 60.8 Å². The monoisotopic (exact) mass is 881 g/mol. The quantitative estimate of drug-likeness (QED) is 0.0821. The molecular weight excluding hydrogens is 829 g/mol. The number of para-hydroxylation sites is 4. The molecule has 0 saturated heterocycles. The van der Waals surface area contributed by atoms with E-state index in [4.69, 9.17) is 0 Å². The van der Waals surface area contributed by atoms with Crippen LogP contribution in [0.2, 0.25) is 0 Å². The minimum Gasteiger partial charge on any atom is -0.352 e. The van der Waals surface area contributed by atoms with Crippen LogP contribution in [-0.4, -0.2) is 26.4 Å². The predicted octanol–water partition coefficient (Wildman–Crippen LogP) is 12.5. The summed E-state index contributed by atoms with van der Waals surface area (Å²) in [6, 6.07) is 23.7. The Kier molecular flexibility index (Phi) is 16.2. The number of rotatable bonds is 16. The van der Waals surface area contributed by atoms with Gasteiger partial charge in [0.25, 0.3) is 0 Å². The Morgan fingerprint density at radius 2 is 0.784 bits per heavy atom. The molecule has 4 aromatic carbocycles. The minimum atomic E-state index is -0.544. The summed E-state index contributed by atoms with van der Waals surface area (Å²) in [4.78, 5) is 8.44. The summed E-state index contributed by atoms with van der Waals surface area (Å²) in [6.45, 7) is 7.59. The van der Waals surface area contributed by atoms with Gasteiger partial charge >= 0.3 is 20.1 Å². The first-order valence-corrected chi connectivity index (χ1v) is 18.5. The van der Waals surface area contributed by atoms with E-state index in [1.165, 1.54) is 88.5 Å². The Bertz CT molecular complexity index is 1530. The van der Waals surface area contributed by atoms with E-state index < -0.39 is 23.3 Å². The number of anilines is 6. The molecule has 0 saturated carbocycles. The van der Waals surface area contributed by atoms with Gasteiger partial charge in [-0.2, -0.15) is 0 Å². The van der Waals surface area contributed by atoms with Crippen LogP contribution in [0.25, 0.3) is 0 Å². The molecule has 2 aliphatic heterocycles. The molecule has 0 atom stereocenters. The van der Waals surface area contributed by atoms with Gasteiger partial charge in [-0.15, -0.1) is 0 Å². The standard InChI is InChI=1S/2C21H26F2N2.Ir/c2*1-2-3-4-5-6-9-14-24-16-25(21-11-8-7-10-20(21)24)19-13-12-17(22)15-18(19)23;/h2*7-8,10-13,15H,2-6,9,14,16H2,1H3;/q;;+3. The zero-order valence-corrected chi connectivity index (χ0v) is 32.4. The Labute approximate surface area is 315 Å². The third kappa shape index (κ3) is 10.7. The molecule has 6 rings (SSSR count). The number of hydrogen-bond acceptors (Lipinski definition) is 4. The molecule has 274 valence electrons. The van der Waals surface area contributed by atoms with E-state index in [-0.39, 0.29) is 20.1 Å². The van der Waals surface area contributed by atoms with Gasteiger partial charge in [0.05, 0.1) is 47.5 Å². The van der Waals surface area contributed by atoms with Crippen LogP contribution in [0.1, 0.15) is 90.9 Å². The SMILES string of the molecule is CCCCCCCCN1CN(c2ccc(F)cc2F)c2ccccc21.CCCCCCCCN1CN(c2ccc(F)cc2F)c2ccccc21.[Ir+3]. The zero-order chi connectivity index (χ0) is 35.3. The van der Waals surface area contributed by atoms with Gasteiger partial charge in [0.1, 0.15) is 23.3 Å². The van der Waals surface area contributed by atoms with E-state index in [1.807, 2.05) is 46.2 Å². The first-order chi connectivity index (χ1) is 24.4. The molecule has 2 heterocycles. The largest absolute Gasteiger partial charge is 3.00 e. The van der Waals surface area contributed by atoms with Crippen molar-refractivity contribution >= 4 is 34.1 Å². The van der Waals surface area contributed by atoms with E-state index >= 15 is 0 Å². The van der Waals surface area contributed by atoms with Crippen LogP contribution >= 0.6 is 0 Å². The van der Waals surface area contributed by atoms with Crippen LogP contribution in [0.4, 0.5) is 51.7 Å². The number of unbranched alkanes of at least 4 members (excludes halogenated alkanes) is 10. The molecule has 0 fully saturated rings. The molecule has 0 unspecified atom stereocenters. The van der Waals surface area contributed by atoms with Gasteiger partial charge in [-0.05, 0) is 61.4 Å². The van der Waals surface area contributed by atoms with Crippen molar-refractivity contribution in [1.82, 2.24) is 0 Å². The van der Waals surface area contributed by atoms with Crippen molar-refractivity contribution in [3.8, 4) is 0 Å². The Balaban J connectivity index is 0.000000224. The van der Waals surface area contributed by atoms with Crippen molar-refractivity contribution in [1.29, 1.82) is 0 Å². The maximum atomic E-state index is 14.2. The molecule has 0 N–H and O–H groups in total. The van der Waals surface area contributed by atoms with Gasteiger partial charge in [0.15, 0.2) is 0 Å². The summed E-state index contributed by atoms with van der Waals surface area (Å²) in [6.07, 6.45) is 15.0. The molecule has 4 aromatic rings. The fourth-order valence-corrected chi connectivity index (χ4v) is 6.93. The van der Waals surface area contributed by atoms with Crippen molar-refractivity contribution in [2.75, 3.05) is 46.0 Å². The summed E-state index contributed by atoms with van der Waals surface area (Å²) in [5.41, 5.74) is 5.08. The van der Waals surface area contributed by atoms with E-state index in [0.29, 0.717) is 24.7 Å². The number of hydrogen-bond donors (Lipinski definition) is 0. The summed E-state index contributed by atoms with van der Waals surface area (Å²) >= 11 is 0. The maximum absolute atomic E-state index is 14.2. The van der Waals surface area contributed by atoms with Gasteiger partial charge in [0.2, 0.25) is 0 Å². The second kappa shape index (κ2) is 20.5. The summed E-state index contributed by atoms with van der Waals surface area (Å²) in [7, 11) is 0. The molecule has 9 heteroatoms. The average molecular weight is 881 g/mol. The Morgan fingerprint density at radius 1 is 0.431 bits per heavy atom. The van der Waals surface area contributed by atoms with Crippen LogP contribution in [-0.2, 0) is 20.1 Å². The van der Waals surface area contributed by atoms with Gasteiger partial charge in [0, 0.05) is 25.2 Å². The topological polar surface area (TPSA) is 13.0 Å². The van der Waals surface area contributed by atoms with Crippen molar-refractivity contribution in [2.24, 2.45) is 0 Å². The third-order valence-corrected chi connectivity index (χ3v) is 9.61. The molecule has 2 aliphatic rings. The predicted molar refractivity (Wildman–Crippen MR) is 201 cm³/mol. The second-order valence-electron chi connectivity index (χ2n) is 13.4. The van der Waals surface area contributed by atoms with Crippen LogP contribution in [0, 0.1) is 23.3 Å². The van der Waals surface area contributed by atoms with E-state index in [1.54, 1.807) is 0 Å². The first-order valence-electron chi connectivity index (χ1n) is 18.5. The molecule has 4 nitrogen and oxygen atoms in total. The number of halogens is 4. The van der Waals surface area contributed by atoms with Crippen molar-refractivity contribution in [3.05, 3.63) is 108 Å². The molecule has 51 heavy (non-hydrogen) atoms. The number of fused-ring (bicyclic) bond motifs is 2. The number of benzene rings is 4. The van der Waals surface area contributed by atoms with Gasteiger partial charge in [-0.25, -0.2) is 17.6 Å². The van der Waals surface area contributed by atoms with Crippen molar-refractivity contribution < 1.29 is 37.7 Å². The maximum Gasteiger partial charge on any atom is 3.00 e. The molecular formula is C42H52F4IrN4+3. The van der Waals surface area contributed by atoms with Crippen LogP contribution in [0.3, 0.4) is 0 Å². The summed E-state index contributed by atoms with van der Waals surface area (Å²) in [5, 5.41) is 0. The summed E-state index contributed by atoms with van der Waals surface area (Å²) in [5.74, 6) is -2.12. The van der Waals surface area contributed by atoms with E-state index in [2.05, 4.69) is 35.8 Å². The summed E-state index contributed by atoms with van der Waals surface area (Å²) < 4.78 is 55.0. The van der Waals surface area contributed by atoms with Crippen LogP contribution < -0.4 is 19.6 Å². The molecule has 0 bridgehead atoms. The normalized spacial score (nSPS) is 13.1. The van der Waals surface area contributed by atoms with Crippen LogP contribution in [0.15, 0.2) is 84.9 Å². The smallest absolute Gasteiger partial charge is 0.352 e. The molecule has 0 aliphatic carbocycles. The van der Waals surface area contributed by atoms with Crippen molar-refractivity contribution in [2.45, 2.75) is 90.9 Å². The van der Waals surface area contributed by atoms with Gasteiger partial charge in [-0.1, -0.05) is 102 Å². The molecule has 0 aromatic heterocycles. The van der Waals surface area contributed by atoms with Crippen molar-refractivity contribution in [3.63, 3.8) is 0 Å². The molecule has 0 amide bonds. The van der Waals surface area contributed by atoms with Crippen LogP contribution in [0.5, 0.6) is 0 Å². The van der Waals surface area contributed by atoms with Gasteiger partial charge < -0.3 is 19.6 Å².